The molecule has 1 N–H and O–H groups in total. The van der Waals surface area contributed by atoms with Crippen molar-refractivity contribution in [3.63, 3.8) is 0 Å². The minimum absolute atomic E-state index is 0.0247. The Balaban J connectivity index is 2.49. The maximum atomic E-state index is 11.2. The maximum Gasteiger partial charge on any atom is 0.337 e. The molecule has 0 fully saturated rings. The highest BCUT2D eigenvalue weighted by Gasteiger charge is 2.16. The first-order valence-electron chi connectivity index (χ1n) is 4.19. The molecule has 4 nitrogen and oxygen atoms in total. The highest BCUT2D eigenvalue weighted by molar-refractivity contribution is 6.82. The van der Waals surface area contributed by atoms with Gasteiger partial charge in [-0.05, 0) is 17.6 Å². The third-order valence-electron chi connectivity index (χ3n) is 2.12. The summed E-state index contributed by atoms with van der Waals surface area (Å²) in [6, 6.07) is 3.06. The van der Waals surface area contributed by atoms with Gasteiger partial charge in [0, 0.05) is 0 Å². The molecule has 0 aromatic heterocycles. The Morgan fingerprint density at radius 3 is 3.07 bits per heavy atom. The number of phenols is 1. The number of methoxy groups -OCH3 is 1. The fourth-order valence-corrected chi connectivity index (χ4v) is 1.45. The van der Waals surface area contributed by atoms with Crippen molar-refractivity contribution < 1.29 is 14.6 Å². The molecule has 1 heterocycles. The lowest BCUT2D eigenvalue weighted by Gasteiger charge is -2.04. The van der Waals surface area contributed by atoms with E-state index in [1.54, 1.807) is 12.2 Å². The molecule has 0 aliphatic carbocycles. The van der Waals surface area contributed by atoms with Gasteiger partial charge < -0.3 is 9.84 Å². The zero-order valence-electron chi connectivity index (χ0n) is 7.65. The molecule has 14 heavy (non-hydrogen) atoms. The van der Waals surface area contributed by atoms with Crippen LogP contribution in [0, 0.1) is 0 Å². The van der Waals surface area contributed by atoms with Crippen molar-refractivity contribution in [3.05, 3.63) is 17.7 Å². The molecule has 1 aromatic carbocycles. The highest BCUT2D eigenvalue weighted by atomic mass is 16.5. The van der Waals surface area contributed by atoms with Crippen LogP contribution in [0.1, 0.15) is 10.4 Å². The Kier molecular flexibility index (Phi) is 2.00. The number of rotatable bonds is 1. The van der Waals surface area contributed by atoms with Crippen molar-refractivity contribution in [2.24, 2.45) is 4.99 Å². The molecule has 0 unspecified atom stereocenters. The molecule has 0 spiro atoms. The average Bonchev–Trinajstić information content (AvgIpc) is 2.64. The van der Waals surface area contributed by atoms with Crippen molar-refractivity contribution in [2.75, 3.05) is 7.11 Å². The summed E-state index contributed by atoms with van der Waals surface area (Å²) in [4.78, 5) is 15.2. The van der Waals surface area contributed by atoms with E-state index in [-0.39, 0.29) is 5.75 Å². The van der Waals surface area contributed by atoms with Crippen molar-refractivity contribution in [1.82, 2.24) is 0 Å². The Bertz CT molecular complexity index is 428. The van der Waals surface area contributed by atoms with Crippen molar-refractivity contribution in [3.8, 4) is 5.75 Å². The number of aliphatic imine (C=N–C) groups is 1. The third-order valence-corrected chi connectivity index (χ3v) is 2.12. The molecule has 5 heteroatoms. The van der Waals surface area contributed by atoms with Crippen LogP contribution in [-0.4, -0.2) is 31.6 Å². The van der Waals surface area contributed by atoms with E-state index < -0.39 is 5.97 Å². The molecule has 2 rings (SSSR count). The van der Waals surface area contributed by atoms with Crippen LogP contribution in [0.15, 0.2) is 17.1 Å². The number of fused-ring (bicyclic) bond motifs is 1. The number of ether oxygens (including phenoxy) is 1. The van der Waals surface area contributed by atoms with E-state index in [0.717, 1.165) is 5.46 Å². The molecule has 1 aromatic rings. The molecule has 0 radical (unpaired) electrons. The van der Waals surface area contributed by atoms with Crippen LogP contribution in [0.4, 0.5) is 5.69 Å². The van der Waals surface area contributed by atoms with Crippen LogP contribution in [0.25, 0.3) is 0 Å². The zero-order chi connectivity index (χ0) is 10.1. The normalized spacial score (nSPS) is 12.1. The second-order valence-corrected chi connectivity index (χ2v) is 3.01. The number of aromatic hydroxyl groups is 1. The molecular weight excluding hydrogens is 181 g/mol. The lowest BCUT2D eigenvalue weighted by atomic mass is 9.73. The Hall–Kier alpha value is -1.78. The third kappa shape index (κ3) is 1.27. The number of carbonyl (C=O) groups is 1. The van der Waals surface area contributed by atoms with Crippen LogP contribution < -0.4 is 5.46 Å². The number of carbonyl (C=O) groups excluding carboxylic acids is 1. The predicted octanol–water partition coefficient (Wildman–Crippen LogP) is -0.0860. The fourth-order valence-electron chi connectivity index (χ4n) is 1.45. The highest BCUT2D eigenvalue weighted by Crippen LogP contribution is 2.26. The van der Waals surface area contributed by atoms with Crippen molar-refractivity contribution >= 4 is 30.5 Å². The van der Waals surface area contributed by atoms with Gasteiger partial charge in [-0.25, -0.2) is 4.79 Å². The van der Waals surface area contributed by atoms with E-state index in [9.17, 15) is 9.90 Å². The molecule has 0 saturated carbocycles. The van der Waals surface area contributed by atoms with Gasteiger partial charge in [0.15, 0.2) is 0 Å². The minimum Gasteiger partial charge on any atom is -0.506 e. The lowest BCUT2D eigenvalue weighted by Crippen LogP contribution is -2.14. The fraction of sp³-hybridized carbons (Fsp3) is 0.111. The van der Waals surface area contributed by atoms with Gasteiger partial charge in [-0.15, -0.1) is 0 Å². The van der Waals surface area contributed by atoms with Gasteiger partial charge in [0.05, 0.1) is 18.4 Å². The molecule has 0 bridgehead atoms. The zero-order valence-corrected chi connectivity index (χ0v) is 7.65. The van der Waals surface area contributed by atoms with E-state index in [2.05, 4.69) is 9.73 Å². The Morgan fingerprint density at radius 1 is 1.57 bits per heavy atom. The SMILES string of the molecule is COC(=O)c1cc(O)c2c(c1)BC=N2. The van der Waals surface area contributed by atoms with Gasteiger partial charge in [-0.2, -0.15) is 0 Å². The lowest BCUT2D eigenvalue weighted by molar-refractivity contribution is 0.0600. The van der Waals surface area contributed by atoms with Gasteiger partial charge in [-0.1, -0.05) is 6.07 Å². The quantitative estimate of drug-likeness (QED) is 0.496. The number of nitrogens with zero attached hydrogens (tertiary/aromatic N) is 1. The first kappa shape index (κ1) is 8.81. The van der Waals surface area contributed by atoms with Crippen molar-refractivity contribution in [2.45, 2.75) is 0 Å². The van der Waals surface area contributed by atoms with Crippen molar-refractivity contribution in [1.29, 1.82) is 0 Å². The second-order valence-electron chi connectivity index (χ2n) is 3.01. The average molecular weight is 189 g/mol. The topological polar surface area (TPSA) is 58.9 Å². The van der Waals surface area contributed by atoms with Gasteiger partial charge >= 0.3 is 5.97 Å². The number of phenolic OH excluding ortho intramolecular Hbond substituents is 1. The maximum absolute atomic E-state index is 11.2. The van der Waals surface area contributed by atoms with E-state index in [4.69, 9.17) is 0 Å². The summed E-state index contributed by atoms with van der Waals surface area (Å²) in [5.41, 5.74) is 1.76. The van der Waals surface area contributed by atoms with Crippen LogP contribution in [0.3, 0.4) is 0 Å². The van der Waals surface area contributed by atoms with Gasteiger partial charge in [-0.3, -0.25) is 4.99 Å². The molecule has 0 amide bonds. The summed E-state index contributed by atoms with van der Waals surface area (Å²) in [6.07, 6.45) is 1.70. The molecule has 1 aliphatic rings. The smallest absolute Gasteiger partial charge is 0.337 e. The van der Waals surface area contributed by atoms with Gasteiger partial charge in [0.1, 0.15) is 5.75 Å². The number of hydrogen-bond acceptors (Lipinski definition) is 4. The Labute approximate surface area is 81.5 Å². The molecule has 0 saturated heterocycles. The summed E-state index contributed by atoms with van der Waals surface area (Å²) < 4.78 is 4.56. The second kappa shape index (κ2) is 3.18. The van der Waals surface area contributed by atoms with Gasteiger partial charge in [0.25, 0.3) is 0 Å². The Morgan fingerprint density at radius 2 is 2.36 bits per heavy atom. The first-order chi connectivity index (χ1) is 6.72. The van der Waals surface area contributed by atoms with Crippen LogP contribution in [-0.2, 0) is 4.74 Å². The van der Waals surface area contributed by atoms with E-state index >= 15 is 0 Å². The number of hydrogen-bond donors (Lipinski definition) is 1. The molecule has 1 aliphatic heterocycles. The monoisotopic (exact) mass is 189 g/mol. The summed E-state index contributed by atoms with van der Waals surface area (Å²) in [5.74, 6) is -0.424. The minimum atomic E-state index is -0.449. The number of esters is 1. The molecular formula is C9H8BNO3. The van der Waals surface area contributed by atoms with Crippen LogP contribution >= 0.6 is 0 Å². The summed E-state index contributed by atoms with van der Waals surface area (Å²) in [7, 11) is 1.96. The largest absolute Gasteiger partial charge is 0.506 e. The standard InChI is InChI=1S/C9H8BNO3/c1-14-9(13)5-2-6-8(7(12)3-5)11-4-10-6/h2-4,10,12H,1H3. The van der Waals surface area contributed by atoms with Crippen LogP contribution in [0.2, 0.25) is 0 Å². The number of benzene rings is 1. The summed E-state index contributed by atoms with van der Waals surface area (Å²) >= 11 is 0. The van der Waals surface area contributed by atoms with Gasteiger partial charge in [0.2, 0.25) is 7.28 Å². The van der Waals surface area contributed by atoms with E-state index in [0.29, 0.717) is 18.5 Å². The van der Waals surface area contributed by atoms with Crippen LogP contribution in [0.5, 0.6) is 5.75 Å². The molecule has 0 atom stereocenters. The molecule has 70 valence electrons. The summed E-state index contributed by atoms with van der Waals surface area (Å²) in [6.45, 7) is 0. The van der Waals surface area contributed by atoms with E-state index in [1.165, 1.54) is 13.2 Å². The summed E-state index contributed by atoms with van der Waals surface area (Å²) in [5, 5.41) is 9.54. The first-order valence-corrected chi connectivity index (χ1v) is 4.19. The van der Waals surface area contributed by atoms with E-state index in [1.807, 2.05) is 0 Å². The predicted molar refractivity (Wildman–Crippen MR) is 54.4 cm³/mol.